The van der Waals surface area contributed by atoms with E-state index in [-0.39, 0.29) is 35.2 Å². The van der Waals surface area contributed by atoms with E-state index in [1.165, 1.54) is 14.2 Å². The molecule has 9 heteroatoms. The van der Waals surface area contributed by atoms with Crippen LogP contribution in [0, 0.1) is 10.8 Å². The first-order valence-corrected chi connectivity index (χ1v) is 13.3. The lowest BCUT2D eigenvalue weighted by atomic mass is 9.82. The molecule has 0 N–H and O–H groups in total. The SMILES string of the molecule is COC(=O)C1(CCN2CCOCC2)CCCC1.COC(=O)C1(CCN2CCOCC2)CCCC1.Cl. The van der Waals surface area contributed by atoms with Crippen LogP contribution in [0.3, 0.4) is 0 Å². The first kappa shape index (κ1) is 30.3. The first-order chi connectivity index (χ1) is 16.5. The van der Waals surface area contributed by atoms with Crippen LogP contribution >= 0.6 is 12.4 Å². The van der Waals surface area contributed by atoms with E-state index in [0.717, 1.165) is 130 Å². The van der Waals surface area contributed by atoms with Gasteiger partial charge in [-0.25, -0.2) is 0 Å². The van der Waals surface area contributed by atoms with Crippen LogP contribution in [-0.4, -0.2) is 102 Å². The van der Waals surface area contributed by atoms with Crippen LogP contribution in [0.4, 0.5) is 0 Å². The summed E-state index contributed by atoms with van der Waals surface area (Å²) < 4.78 is 20.7. The number of carbonyl (C=O) groups excluding carboxylic acids is 2. The third-order valence-corrected chi connectivity index (χ3v) is 8.38. The number of halogens is 1. The number of rotatable bonds is 8. The molecule has 2 saturated heterocycles. The molecule has 8 nitrogen and oxygen atoms in total. The summed E-state index contributed by atoms with van der Waals surface area (Å²) in [6, 6.07) is 0. The molecule has 0 spiro atoms. The molecule has 4 rings (SSSR count). The maximum Gasteiger partial charge on any atom is 0.311 e. The largest absolute Gasteiger partial charge is 0.469 e. The van der Waals surface area contributed by atoms with Crippen molar-refractivity contribution in [1.29, 1.82) is 0 Å². The molecule has 0 radical (unpaired) electrons. The number of hydrogen-bond donors (Lipinski definition) is 0. The van der Waals surface area contributed by atoms with Crippen molar-refractivity contribution >= 4 is 24.3 Å². The lowest BCUT2D eigenvalue weighted by molar-refractivity contribution is -0.154. The van der Waals surface area contributed by atoms with Crippen LogP contribution in [0.1, 0.15) is 64.2 Å². The molecule has 2 aliphatic heterocycles. The smallest absolute Gasteiger partial charge is 0.311 e. The van der Waals surface area contributed by atoms with Gasteiger partial charge in [0.05, 0.1) is 51.5 Å². The van der Waals surface area contributed by atoms with Crippen molar-refractivity contribution in [2.75, 3.05) is 79.9 Å². The van der Waals surface area contributed by atoms with Crippen LogP contribution in [0.25, 0.3) is 0 Å². The summed E-state index contributed by atoms with van der Waals surface area (Å²) in [7, 11) is 3.02. The van der Waals surface area contributed by atoms with Crippen LogP contribution in [0.15, 0.2) is 0 Å². The molecule has 35 heavy (non-hydrogen) atoms. The monoisotopic (exact) mass is 518 g/mol. The minimum Gasteiger partial charge on any atom is -0.469 e. The van der Waals surface area contributed by atoms with Crippen molar-refractivity contribution in [1.82, 2.24) is 9.80 Å². The van der Waals surface area contributed by atoms with Gasteiger partial charge in [0, 0.05) is 26.2 Å². The predicted octanol–water partition coefficient (Wildman–Crippen LogP) is 3.31. The fourth-order valence-corrected chi connectivity index (χ4v) is 6.04. The molecule has 0 unspecified atom stereocenters. The zero-order chi connectivity index (χ0) is 24.3. The van der Waals surface area contributed by atoms with E-state index in [2.05, 4.69) is 9.80 Å². The van der Waals surface area contributed by atoms with Gasteiger partial charge < -0.3 is 18.9 Å². The van der Waals surface area contributed by atoms with Gasteiger partial charge in [-0.3, -0.25) is 19.4 Å². The lowest BCUT2D eigenvalue weighted by Gasteiger charge is -2.31. The van der Waals surface area contributed by atoms with Gasteiger partial charge in [-0.2, -0.15) is 0 Å². The molecule has 0 aromatic heterocycles. The highest BCUT2D eigenvalue weighted by molar-refractivity contribution is 5.85. The van der Waals surface area contributed by atoms with Crippen molar-refractivity contribution in [3.05, 3.63) is 0 Å². The van der Waals surface area contributed by atoms with Gasteiger partial charge in [0.1, 0.15) is 0 Å². The number of nitrogens with zero attached hydrogens (tertiary/aromatic N) is 2. The maximum absolute atomic E-state index is 11.9. The Balaban J connectivity index is 0.000000240. The van der Waals surface area contributed by atoms with Gasteiger partial charge in [-0.1, -0.05) is 25.7 Å². The number of esters is 2. The molecule has 204 valence electrons. The van der Waals surface area contributed by atoms with Crippen LogP contribution < -0.4 is 0 Å². The van der Waals surface area contributed by atoms with Gasteiger partial charge in [-0.15, -0.1) is 12.4 Å². The normalized spacial score (nSPS) is 24.1. The zero-order valence-corrected chi connectivity index (χ0v) is 22.7. The molecule has 4 fully saturated rings. The summed E-state index contributed by atoms with van der Waals surface area (Å²) in [6.45, 7) is 9.28. The second kappa shape index (κ2) is 15.4. The van der Waals surface area contributed by atoms with Crippen molar-refractivity contribution in [2.45, 2.75) is 64.2 Å². The number of carbonyl (C=O) groups is 2. The number of morpholine rings is 2. The van der Waals surface area contributed by atoms with Crippen LogP contribution in [0.5, 0.6) is 0 Å². The average Bonchev–Trinajstić information content (AvgIpc) is 3.58. The van der Waals surface area contributed by atoms with E-state index in [4.69, 9.17) is 18.9 Å². The third-order valence-electron chi connectivity index (χ3n) is 8.38. The Kier molecular flexibility index (Phi) is 13.3. The second-order valence-electron chi connectivity index (χ2n) is 10.4. The van der Waals surface area contributed by atoms with Crippen molar-refractivity contribution < 1.29 is 28.5 Å². The molecular weight excluding hydrogens is 472 g/mol. The molecule has 2 heterocycles. The highest BCUT2D eigenvalue weighted by atomic mass is 35.5. The topological polar surface area (TPSA) is 77.5 Å². The third kappa shape index (κ3) is 8.56. The van der Waals surface area contributed by atoms with E-state index in [1.807, 2.05) is 0 Å². The van der Waals surface area contributed by atoms with Gasteiger partial charge in [-0.05, 0) is 51.6 Å². The van der Waals surface area contributed by atoms with Crippen molar-refractivity contribution in [2.24, 2.45) is 10.8 Å². The molecule has 0 aromatic carbocycles. The average molecular weight is 519 g/mol. The zero-order valence-electron chi connectivity index (χ0n) is 21.9. The lowest BCUT2D eigenvalue weighted by Crippen LogP contribution is -2.40. The van der Waals surface area contributed by atoms with E-state index in [0.29, 0.717) is 0 Å². The van der Waals surface area contributed by atoms with Gasteiger partial charge >= 0.3 is 11.9 Å². The Morgan fingerprint density at radius 2 is 0.971 bits per heavy atom. The Labute approximate surface area is 217 Å². The van der Waals surface area contributed by atoms with Crippen molar-refractivity contribution in [3.63, 3.8) is 0 Å². The van der Waals surface area contributed by atoms with Gasteiger partial charge in [0.15, 0.2) is 0 Å². The highest BCUT2D eigenvalue weighted by Gasteiger charge is 2.43. The Morgan fingerprint density at radius 3 is 1.26 bits per heavy atom. The Hall–Kier alpha value is -0.930. The second-order valence-corrected chi connectivity index (χ2v) is 10.4. The summed E-state index contributed by atoms with van der Waals surface area (Å²) in [5, 5.41) is 0. The summed E-state index contributed by atoms with van der Waals surface area (Å²) in [5.74, 6) is 0.00604. The molecule has 2 aliphatic carbocycles. The molecule has 0 aromatic rings. The molecule has 0 atom stereocenters. The molecule has 0 bridgehead atoms. The van der Waals surface area contributed by atoms with E-state index in [9.17, 15) is 9.59 Å². The van der Waals surface area contributed by atoms with E-state index >= 15 is 0 Å². The molecule has 4 aliphatic rings. The minimum atomic E-state index is -0.187. The fourth-order valence-electron chi connectivity index (χ4n) is 6.04. The predicted molar refractivity (Wildman–Crippen MR) is 137 cm³/mol. The van der Waals surface area contributed by atoms with Crippen LogP contribution in [0.2, 0.25) is 0 Å². The van der Waals surface area contributed by atoms with E-state index in [1.54, 1.807) is 0 Å². The molecule has 2 saturated carbocycles. The fraction of sp³-hybridized carbons (Fsp3) is 0.923. The summed E-state index contributed by atoms with van der Waals surface area (Å²) in [4.78, 5) is 28.7. The van der Waals surface area contributed by atoms with Crippen LogP contribution in [-0.2, 0) is 28.5 Å². The number of methoxy groups -OCH3 is 2. The number of ether oxygens (including phenoxy) is 4. The quantitative estimate of drug-likeness (QED) is 0.453. The van der Waals surface area contributed by atoms with Crippen molar-refractivity contribution in [3.8, 4) is 0 Å². The molecule has 0 amide bonds. The summed E-state index contributed by atoms with van der Waals surface area (Å²) >= 11 is 0. The standard InChI is InChI=1S/2C13H23NO3.ClH/c2*1-16-12(15)13(4-2-3-5-13)6-7-14-8-10-17-11-9-14;/h2*2-11H2,1H3;1H. The molecular formula is C26H47ClN2O6. The Morgan fingerprint density at radius 1 is 0.657 bits per heavy atom. The minimum absolute atomic E-state index is 0. The Bertz CT molecular complexity index is 571. The summed E-state index contributed by atoms with van der Waals surface area (Å²) in [6.07, 6.45) is 10.6. The number of hydrogen-bond acceptors (Lipinski definition) is 8. The highest BCUT2D eigenvalue weighted by Crippen LogP contribution is 2.43. The first-order valence-electron chi connectivity index (χ1n) is 13.3. The maximum atomic E-state index is 11.9. The van der Waals surface area contributed by atoms with Gasteiger partial charge in [0.2, 0.25) is 0 Å². The van der Waals surface area contributed by atoms with E-state index < -0.39 is 0 Å². The summed E-state index contributed by atoms with van der Waals surface area (Å²) in [5.41, 5.74) is -0.375. The van der Waals surface area contributed by atoms with Gasteiger partial charge in [0.25, 0.3) is 0 Å².